The molecule has 0 saturated heterocycles. The standard InChI is InChI=1S/C12H10FN3OS/c1-7-3-2-4-9(11(7)13)17-10-6-15-8(5-16-10)12(14)18/h2-6H,1H3,(H2,14,18). The smallest absolute Gasteiger partial charge is 0.238 e. The van der Waals surface area contributed by atoms with E-state index in [0.717, 1.165) is 0 Å². The average molecular weight is 263 g/mol. The molecule has 0 radical (unpaired) electrons. The molecule has 18 heavy (non-hydrogen) atoms. The maximum Gasteiger partial charge on any atom is 0.238 e. The van der Waals surface area contributed by atoms with Crippen molar-refractivity contribution in [2.45, 2.75) is 6.92 Å². The summed E-state index contributed by atoms with van der Waals surface area (Å²) in [6.45, 7) is 1.66. The highest BCUT2D eigenvalue weighted by Crippen LogP contribution is 2.24. The Kier molecular flexibility index (Phi) is 3.47. The number of hydrogen-bond donors (Lipinski definition) is 1. The maximum absolute atomic E-state index is 13.7. The van der Waals surface area contributed by atoms with Gasteiger partial charge in [0, 0.05) is 0 Å². The second kappa shape index (κ2) is 5.05. The first-order valence-electron chi connectivity index (χ1n) is 5.13. The van der Waals surface area contributed by atoms with E-state index in [1.54, 1.807) is 19.1 Å². The molecule has 0 spiro atoms. The lowest BCUT2D eigenvalue weighted by Gasteiger charge is -2.07. The molecule has 0 amide bonds. The van der Waals surface area contributed by atoms with Gasteiger partial charge in [-0.3, -0.25) is 0 Å². The summed E-state index contributed by atoms with van der Waals surface area (Å²) in [7, 11) is 0. The summed E-state index contributed by atoms with van der Waals surface area (Å²) in [6.07, 6.45) is 2.72. The third-order valence-electron chi connectivity index (χ3n) is 2.25. The lowest BCUT2D eigenvalue weighted by atomic mass is 10.2. The minimum absolute atomic E-state index is 0.104. The molecular weight excluding hydrogens is 253 g/mol. The number of hydrogen-bond acceptors (Lipinski definition) is 4. The average Bonchev–Trinajstić information content (AvgIpc) is 2.36. The quantitative estimate of drug-likeness (QED) is 0.861. The molecule has 4 nitrogen and oxygen atoms in total. The highest BCUT2D eigenvalue weighted by molar-refractivity contribution is 7.80. The van der Waals surface area contributed by atoms with Gasteiger partial charge in [0.05, 0.1) is 12.4 Å². The zero-order valence-electron chi connectivity index (χ0n) is 9.55. The van der Waals surface area contributed by atoms with Gasteiger partial charge in [-0.15, -0.1) is 0 Å². The van der Waals surface area contributed by atoms with E-state index < -0.39 is 5.82 Å². The van der Waals surface area contributed by atoms with Gasteiger partial charge in [-0.1, -0.05) is 24.4 Å². The zero-order chi connectivity index (χ0) is 13.1. The molecule has 2 N–H and O–H groups in total. The Labute approximate surface area is 109 Å². The van der Waals surface area contributed by atoms with Gasteiger partial charge in [-0.2, -0.15) is 0 Å². The van der Waals surface area contributed by atoms with Crippen LogP contribution in [0.25, 0.3) is 0 Å². The van der Waals surface area contributed by atoms with Crippen molar-refractivity contribution in [2.24, 2.45) is 5.73 Å². The van der Waals surface area contributed by atoms with Crippen molar-refractivity contribution in [2.75, 3.05) is 0 Å². The van der Waals surface area contributed by atoms with Crippen LogP contribution in [0.2, 0.25) is 0 Å². The molecule has 2 rings (SSSR count). The fourth-order valence-electron chi connectivity index (χ4n) is 1.31. The van der Waals surface area contributed by atoms with Gasteiger partial charge in [0.1, 0.15) is 10.7 Å². The second-order valence-electron chi connectivity index (χ2n) is 3.59. The predicted octanol–water partition coefficient (Wildman–Crippen LogP) is 2.35. The monoisotopic (exact) mass is 263 g/mol. The van der Waals surface area contributed by atoms with Crippen LogP contribution < -0.4 is 10.5 Å². The van der Waals surface area contributed by atoms with Gasteiger partial charge >= 0.3 is 0 Å². The molecule has 0 atom stereocenters. The summed E-state index contributed by atoms with van der Waals surface area (Å²) < 4.78 is 19.0. The molecular formula is C12H10FN3OS. The molecule has 2 aromatic rings. The van der Waals surface area contributed by atoms with E-state index in [9.17, 15) is 4.39 Å². The van der Waals surface area contributed by atoms with Crippen molar-refractivity contribution >= 4 is 17.2 Å². The highest BCUT2D eigenvalue weighted by Gasteiger charge is 2.08. The van der Waals surface area contributed by atoms with Gasteiger partial charge in [-0.05, 0) is 18.6 Å². The third kappa shape index (κ3) is 2.60. The number of rotatable bonds is 3. The van der Waals surface area contributed by atoms with Crippen LogP contribution in [0.1, 0.15) is 11.3 Å². The molecule has 92 valence electrons. The molecule has 6 heteroatoms. The Bertz CT molecular complexity index is 586. The van der Waals surface area contributed by atoms with E-state index in [-0.39, 0.29) is 16.6 Å². The molecule has 0 fully saturated rings. The van der Waals surface area contributed by atoms with Gasteiger partial charge < -0.3 is 10.5 Å². The molecule has 1 aromatic heterocycles. The lowest BCUT2D eigenvalue weighted by molar-refractivity contribution is 0.423. The Hall–Kier alpha value is -2.08. The number of aryl methyl sites for hydroxylation is 1. The maximum atomic E-state index is 13.7. The first-order valence-corrected chi connectivity index (χ1v) is 5.53. The molecule has 0 bridgehead atoms. The number of halogens is 1. The Morgan fingerprint density at radius 3 is 2.72 bits per heavy atom. The van der Waals surface area contributed by atoms with Crippen LogP contribution in [0.4, 0.5) is 4.39 Å². The summed E-state index contributed by atoms with van der Waals surface area (Å²) in [5, 5.41) is 0. The van der Waals surface area contributed by atoms with Gasteiger partial charge in [0.25, 0.3) is 0 Å². The second-order valence-corrected chi connectivity index (χ2v) is 4.03. The van der Waals surface area contributed by atoms with E-state index in [4.69, 9.17) is 22.7 Å². The predicted molar refractivity (Wildman–Crippen MR) is 69.1 cm³/mol. The molecule has 1 aromatic carbocycles. The molecule has 0 aliphatic rings. The Balaban J connectivity index is 2.24. The largest absolute Gasteiger partial charge is 0.434 e. The fourth-order valence-corrected chi connectivity index (χ4v) is 1.41. The van der Waals surface area contributed by atoms with Crippen LogP contribution in [0.5, 0.6) is 11.6 Å². The third-order valence-corrected chi connectivity index (χ3v) is 2.46. The Morgan fingerprint density at radius 2 is 2.11 bits per heavy atom. The minimum Gasteiger partial charge on any atom is -0.434 e. The van der Waals surface area contributed by atoms with Crippen LogP contribution in [-0.2, 0) is 0 Å². The van der Waals surface area contributed by atoms with Crippen LogP contribution >= 0.6 is 12.2 Å². The summed E-state index contributed by atoms with van der Waals surface area (Å²) in [5.41, 5.74) is 6.28. The van der Waals surface area contributed by atoms with Crippen molar-refractivity contribution in [1.29, 1.82) is 0 Å². The van der Waals surface area contributed by atoms with Crippen LogP contribution in [0.3, 0.4) is 0 Å². The van der Waals surface area contributed by atoms with Crippen molar-refractivity contribution < 1.29 is 9.13 Å². The van der Waals surface area contributed by atoms with Gasteiger partial charge in [0.2, 0.25) is 5.88 Å². The van der Waals surface area contributed by atoms with Crippen LogP contribution in [0.15, 0.2) is 30.6 Å². The number of nitrogens with two attached hydrogens (primary N) is 1. The number of nitrogens with zero attached hydrogens (tertiary/aromatic N) is 2. The summed E-state index contributed by atoms with van der Waals surface area (Å²) in [5.74, 6) is -0.135. The fraction of sp³-hybridized carbons (Fsp3) is 0.0833. The summed E-state index contributed by atoms with van der Waals surface area (Å²) in [6, 6.07) is 4.87. The number of ether oxygens (including phenoxy) is 1. The van der Waals surface area contributed by atoms with Crippen molar-refractivity contribution in [3.63, 3.8) is 0 Å². The molecule has 0 unspecified atom stereocenters. The van der Waals surface area contributed by atoms with E-state index in [0.29, 0.717) is 11.3 Å². The van der Waals surface area contributed by atoms with E-state index >= 15 is 0 Å². The van der Waals surface area contributed by atoms with E-state index in [1.807, 2.05) is 0 Å². The molecule has 1 heterocycles. The first kappa shape index (κ1) is 12.4. The van der Waals surface area contributed by atoms with Gasteiger partial charge in [0.15, 0.2) is 11.6 Å². The van der Waals surface area contributed by atoms with E-state index in [1.165, 1.54) is 18.5 Å². The van der Waals surface area contributed by atoms with Crippen LogP contribution in [-0.4, -0.2) is 15.0 Å². The van der Waals surface area contributed by atoms with Crippen molar-refractivity contribution in [3.05, 3.63) is 47.7 Å². The summed E-state index contributed by atoms with van der Waals surface area (Å²) >= 11 is 4.75. The molecule has 0 aliphatic heterocycles. The topological polar surface area (TPSA) is 61.0 Å². The Morgan fingerprint density at radius 1 is 1.33 bits per heavy atom. The number of thiocarbonyl (C=S) groups is 1. The minimum atomic E-state index is -0.419. The highest BCUT2D eigenvalue weighted by atomic mass is 32.1. The van der Waals surface area contributed by atoms with Crippen LogP contribution in [0, 0.1) is 12.7 Å². The van der Waals surface area contributed by atoms with Crippen molar-refractivity contribution in [3.8, 4) is 11.6 Å². The number of aromatic nitrogens is 2. The normalized spacial score (nSPS) is 10.1. The van der Waals surface area contributed by atoms with E-state index in [2.05, 4.69) is 9.97 Å². The summed E-state index contributed by atoms with van der Waals surface area (Å²) in [4.78, 5) is 8.05. The number of benzene rings is 1. The molecule has 0 saturated carbocycles. The lowest BCUT2D eigenvalue weighted by Crippen LogP contribution is -2.11. The zero-order valence-corrected chi connectivity index (χ0v) is 10.4. The van der Waals surface area contributed by atoms with Crippen molar-refractivity contribution in [1.82, 2.24) is 9.97 Å². The SMILES string of the molecule is Cc1cccc(Oc2cnc(C(N)=S)cn2)c1F. The first-order chi connectivity index (χ1) is 8.58. The van der Waals surface area contributed by atoms with Gasteiger partial charge in [-0.25, -0.2) is 14.4 Å². The molecule has 0 aliphatic carbocycles.